The SMILES string of the molecule is O=C(O)CCc1ccccc1OCC(O)CN1CCCC(COc2ccc(Cl)cc2)C1. The molecule has 2 N–H and O–H groups in total. The largest absolute Gasteiger partial charge is 0.493 e. The fraction of sp³-hybridized carbons (Fsp3) is 0.458. The van der Waals surface area contributed by atoms with Gasteiger partial charge in [0.15, 0.2) is 0 Å². The van der Waals surface area contributed by atoms with Gasteiger partial charge < -0.3 is 24.6 Å². The number of hydrogen-bond acceptors (Lipinski definition) is 5. The van der Waals surface area contributed by atoms with Crippen LogP contribution in [0.25, 0.3) is 0 Å². The maximum Gasteiger partial charge on any atom is 0.303 e. The number of halogens is 1. The van der Waals surface area contributed by atoms with E-state index in [0.29, 0.717) is 36.3 Å². The average Bonchev–Trinajstić information content (AvgIpc) is 2.76. The zero-order valence-corrected chi connectivity index (χ0v) is 18.3. The maximum atomic E-state index is 10.8. The summed E-state index contributed by atoms with van der Waals surface area (Å²) in [5.41, 5.74) is 0.842. The van der Waals surface area contributed by atoms with Gasteiger partial charge in [0.25, 0.3) is 0 Å². The number of aliphatic hydroxyl groups is 1. The number of rotatable bonds is 11. The number of carboxylic acid groups (broad SMARTS) is 1. The zero-order valence-electron chi connectivity index (χ0n) is 17.6. The van der Waals surface area contributed by atoms with Crippen molar-refractivity contribution in [2.45, 2.75) is 31.8 Å². The number of likely N-dealkylation sites (tertiary alicyclic amines) is 1. The van der Waals surface area contributed by atoms with Crippen molar-refractivity contribution in [1.29, 1.82) is 0 Å². The lowest BCUT2D eigenvalue weighted by atomic mass is 9.98. The van der Waals surface area contributed by atoms with Crippen LogP contribution in [0.1, 0.15) is 24.8 Å². The molecule has 0 spiro atoms. The summed E-state index contributed by atoms with van der Waals surface area (Å²) in [5.74, 6) is 1.02. The summed E-state index contributed by atoms with van der Waals surface area (Å²) in [6.45, 7) is 3.17. The van der Waals surface area contributed by atoms with E-state index in [1.807, 2.05) is 48.5 Å². The van der Waals surface area contributed by atoms with Gasteiger partial charge in [0, 0.05) is 30.5 Å². The fourth-order valence-electron chi connectivity index (χ4n) is 3.83. The standard InChI is InChI=1S/C24H30ClNO5/c25-20-8-10-22(11-9-20)30-16-18-4-3-13-26(14-18)15-21(27)17-31-23-6-2-1-5-19(23)7-12-24(28)29/h1-2,5-6,8-11,18,21,27H,3-4,7,12-17H2,(H,28,29). The summed E-state index contributed by atoms with van der Waals surface area (Å²) < 4.78 is 11.7. The Kier molecular flexibility index (Phi) is 9.00. The normalized spacial score (nSPS) is 17.8. The number of nitrogens with zero attached hydrogens (tertiary/aromatic N) is 1. The number of benzene rings is 2. The van der Waals surface area contributed by atoms with E-state index in [9.17, 15) is 9.90 Å². The van der Waals surface area contributed by atoms with E-state index in [1.165, 1.54) is 0 Å². The van der Waals surface area contributed by atoms with Crippen LogP contribution in [-0.2, 0) is 11.2 Å². The monoisotopic (exact) mass is 447 g/mol. The highest BCUT2D eigenvalue weighted by molar-refractivity contribution is 6.30. The van der Waals surface area contributed by atoms with Crippen LogP contribution in [0.15, 0.2) is 48.5 Å². The van der Waals surface area contributed by atoms with Crippen LogP contribution in [0.4, 0.5) is 0 Å². The molecule has 1 fully saturated rings. The number of hydrogen-bond donors (Lipinski definition) is 2. The van der Waals surface area contributed by atoms with Crippen LogP contribution < -0.4 is 9.47 Å². The van der Waals surface area contributed by atoms with Gasteiger partial charge in [-0.2, -0.15) is 0 Å². The molecule has 1 aliphatic heterocycles. The molecule has 1 saturated heterocycles. The Labute approximate surface area is 188 Å². The molecule has 0 aliphatic carbocycles. The number of para-hydroxylation sites is 1. The number of carbonyl (C=O) groups is 1. The fourth-order valence-corrected chi connectivity index (χ4v) is 3.95. The number of ether oxygens (including phenoxy) is 2. The van der Waals surface area contributed by atoms with Crippen molar-refractivity contribution in [1.82, 2.24) is 4.90 Å². The van der Waals surface area contributed by atoms with Crippen molar-refractivity contribution < 1.29 is 24.5 Å². The van der Waals surface area contributed by atoms with Crippen molar-refractivity contribution in [3.63, 3.8) is 0 Å². The van der Waals surface area contributed by atoms with Crippen LogP contribution in [0.2, 0.25) is 5.02 Å². The Balaban J connectivity index is 1.42. The van der Waals surface area contributed by atoms with Gasteiger partial charge in [0.2, 0.25) is 0 Å². The van der Waals surface area contributed by atoms with Gasteiger partial charge in [-0.1, -0.05) is 29.8 Å². The second kappa shape index (κ2) is 11.9. The van der Waals surface area contributed by atoms with Gasteiger partial charge in [-0.15, -0.1) is 0 Å². The number of aryl methyl sites for hydroxylation is 1. The van der Waals surface area contributed by atoms with Crippen LogP contribution in [0.3, 0.4) is 0 Å². The molecule has 0 aromatic heterocycles. The predicted molar refractivity (Wildman–Crippen MR) is 120 cm³/mol. The second-order valence-electron chi connectivity index (χ2n) is 8.00. The lowest BCUT2D eigenvalue weighted by Crippen LogP contribution is -2.43. The molecular formula is C24H30ClNO5. The van der Waals surface area contributed by atoms with E-state index in [0.717, 1.165) is 37.2 Å². The second-order valence-corrected chi connectivity index (χ2v) is 8.44. The Hall–Kier alpha value is -2.28. The highest BCUT2D eigenvalue weighted by Gasteiger charge is 2.22. The Morgan fingerprint density at radius 2 is 1.94 bits per heavy atom. The third kappa shape index (κ3) is 8.05. The number of β-amino-alcohol motifs (C(OH)–C–C–N with tert-alkyl or cyclic N) is 1. The Morgan fingerprint density at radius 1 is 1.16 bits per heavy atom. The molecule has 3 rings (SSSR count). The number of aliphatic carboxylic acids is 1. The molecule has 31 heavy (non-hydrogen) atoms. The molecule has 7 heteroatoms. The summed E-state index contributed by atoms with van der Waals surface area (Å²) in [5, 5.41) is 20.1. The van der Waals surface area contributed by atoms with Gasteiger partial charge >= 0.3 is 5.97 Å². The average molecular weight is 448 g/mol. The van der Waals surface area contributed by atoms with Crippen molar-refractivity contribution in [3.8, 4) is 11.5 Å². The molecule has 0 amide bonds. The van der Waals surface area contributed by atoms with E-state index in [-0.39, 0.29) is 13.0 Å². The third-order valence-corrected chi connectivity index (χ3v) is 5.64. The van der Waals surface area contributed by atoms with Gasteiger partial charge in [-0.3, -0.25) is 4.79 Å². The van der Waals surface area contributed by atoms with Crippen molar-refractivity contribution in [3.05, 3.63) is 59.1 Å². The molecule has 2 unspecified atom stereocenters. The first-order valence-electron chi connectivity index (χ1n) is 10.7. The number of carboxylic acids is 1. The lowest BCUT2D eigenvalue weighted by molar-refractivity contribution is -0.136. The van der Waals surface area contributed by atoms with Gasteiger partial charge in [-0.05, 0) is 61.7 Å². The Bertz CT molecular complexity index is 829. The van der Waals surface area contributed by atoms with E-state index in [2.05, 4.69) is 4.90 Å². The van der Waals surface area contributed by atoms with Gasteiger partial charge in [0.05, 0.1) is 6.61 Å². The van der Waals surface area contributed by atoms with Gasteiger partial charge in [0.1, 0.15) is 24.2 Å². The first-order chi connectivity index (χ1) is 15.0. The van der Waals surface area contributed by atoms with E-state index in [4.69, 9.17) is 26.2 Å². The van der Waals surface area contributed by atoms with Gasteiger partial charge in [-0.25, -0.2) is 0 Å². The maximum absolute atomic E-state index is 10.8. The molecule has 1 aliphatic rings. The predicted octanol–water partition coefficient (Wildman–Crippen LogP) is 3.89. The van der Waals surface area contributed by atoms with E-state index >= 15 is 0 Å². The molecule has 1 heterocycles. The van der Waals surface area contributed by atoms with E-state index < -0.39 is 12.1 Å². The lowest BCUT2D eigenvalue weighted by Gasteiger charge is -2.33. The first-order valence-corrected chi connectivity index (χ1v) is 11.1. The molecule has 0 bridgehead atoms. The molecule has 168 valence electrons. The molecule has 6 nitrogen and oxygen atoms in total. The quantitative estimate of drug-likeness (QED) is 0.544. The summed E-state index contributed by atoms with van der Waals surface area (Å²) in [4.78, 5) is 13.1. The minimum absolute atomic E-state index is 0.0518. The summed E-state index contributed by atoms with van der Waals surface area (Å²) in [6, 6.07) is 14.8. The summed E-state index contributed by atoms with van der Waals surface area (Å²) >= 11 is 5.91. The molecular weight excluding hydrogens is 418 g/mol. The van der Waals surface area contributed by atoms with Crippen LogP contribution in [0, 0.1) is 5.92 Å². The van der Waals surface area contributed by atoms with Crippen molar-refractivity contribution in [2.24, 2.45) is 5.92 Å². The Morgan fingerprint density at radius 3 is 2.71 bits per heavy atom. The smallest absolute Gasteiger partial charge is 0.303 e. The number of aliphatic hydroxyl groups excluding tert-OH is 1. The third-order valence-electron chi connectivity index (χ3n) is 5.38. The molecule has 2 aromatic carbocycles. The molecule has 0 radical (unpaired) electrons. The van der Waals surface area contributed by atoms with Crippen molar-refractivity contribution >= 4 is 17.6 Å². The molecule has 2 aromatic rings. The highest BCUT2D eigenvalue weighted by atomic mass is 35.5. The van der Waals surface area contributed by atoms with Crippen LogP contribution >= 0.6 is 11.6 Å². The minimum Gasteiger partial charge on any atom is -0.493 e. The van der Waals surface area contributed by atoms with Crippen LogP contribution in [-0.4, -0.2) is 60.0 Å². The van der Waals surface area contributed by atoms with Crippen molar-refractivity contribution in [2.75, 3.05) is 32.8 Å². The van der Waals surface area contributed by atoms with E-state index in [1.54, 1.807) is 0 Å². The zero-order chi connectivity index (χ0) is 22.1. The first kappa shape index (κ1) is 23.4. The highest BCUT2D eigenvalue weighted by Crippen LogP contribution is 2.22. The minimum atomic E-state index is -0.838. The number of piperidine rings is 1. The molecule has 0 saturated carbocycles. The summed E-state index contributed by atoms with van der Waals surface area (Å²) in [6.07, 6.45) is 2.01. The summed E-state index contributed by atoms with van der Waals surface area (Å²) in [7, 11) is 0. The molecule has 2 atom stereocenters. The topological polar surface area (TPSA) is 79.2 Å². The van der Waals surface area contributed by atoms with Crippen LogP contribution in [0.5, 0.6) is 11.5 Å².